The zero-order valence-electron chi connectivity index (χ0n) is 15.4. The zero-order chi connectivity index (χ0) is 20.6. The Kier molecular flexibility index (Phi) is 8.27. The number of carbonyl (C=O) groups is 1. The first-order valence-corrected chi connectivity index (χ1v) is 9.07. The van der Waals surface area contributed by atoms with Crippen LogP contribution in [0.2, 0.25) is 0 Å². The molecule has 0 atom stereocenters. The molecule has 1 amide bonds. The molecule has 1 aromatic carbocycles. The molecule has 28 heavy (non-hydrogen) atoms. The van der Waals surface area contributed by atoms with Crippen molar-refractivity contribution in [2.24, 2.45) is 0 Å². The first-order valence-electron chi connectivity index (χ1n) is 8.66. The van der Waals surface area contributed by atoms with E-state index in [2.05, 4.69) is 15.4 Å². The molecule has 0 aliphatic carbocycles. The van der Waals surface area contributed by atoms with Gasteiger partial charge in [-0.1, -0.05) is 0 Å². The number of rotatable bonds is 7. The lowest BCUT2D eigenvalue weighted by Gasteiger charge is -2.35. The van der Waals surface area contributed by atoms with Gasteiger partial charge in [-0.05, 0) is 36.5 Å². The van der Waals surface area contributed by atoms with Gasteiger partial charge in [0, 0.05) is 45.5 Å². The number of anilines is 1. The minimum Gasteiger partial charge on any atom is -0.406 e. The van der Waals surface area contributed by atoms with E-state index >= 15 is 0 Å². The van der Waals surface area contributed by atoms with Crippen molar-refractivity contribution in [2.45, 2.75) is 6.36 Å². The van der Waals surface area contributed by atoms with Crippen molar-refractivity contribution in [3.63, 3.8) is 0 Å². The predicted molar refractivity (Wildman–Crippen MR) is 102 cm³/mol. The van der Waals surface area contributed by atoms with Crippen molar-refractivity contribution in [1.82, 2.24) is 15.1 Å². The second-order valence-corrected chi connectivity index (χ2v) is 6.49. The van der Waals surface area contributed by atoms with Crippen LogP contribution >= 0.6 is 12.2 Å². The summed E-state index contributed by atoms with van der Waals surface area (Å²) in [6.45, 7) is 4.17. The molecule has 1 aromatic rings. The number of nitrogens with one attached hydrogen (secondary N) is 2. The van der Waals surface area contributed by atoms with E-state index in [0.29, 0.717) is 50.1 Å². The molecule has 0 spiro atoms. The van der Waals surface area contributed by atoms with Crippen molar-refractivity contribution < 1.29 is 27.4 Å². The predicted octanol–water partition coefficient (Wildman–Crippen LogP) is 1.66. The Morgan fingerprint density at radius 3 is 2.39 bits per heavy atom. The molecule has 2 N–H and O–H groups in total. The molecule has 1 heterocycles. The Labute approximate surface area is 166 Å². The quantitative estimate of drug-likeness (QED) is 0.514. The van der Waals surface area contributed by atoms with Gasteiger partial charge in [0.1, 0.15) is 5.75 Å². The lowest BCUT2D eigenvalue weighted by atomic mass is 10.3. The van der Waals surface area contributed by atoms with E-state index in [4.69, 9.17) is 17.0 Å². The van der Waals surface area contributed by atoms with Gasteiger partial charge in [-0.3, -0.25) is 9.69 Å². The smallest absolute Gasteiger partial charge is 0.406 e. The molecule has 7 nitrogen and oxygen atoms in total. The highest BCUT2D eigenvalue weighted by Crippen LogP contribution is 2.23. The van der Waals surface area contributed by atoms with Crippen molar-refractivity contribution in [1.29, 1.82) is 0 Å². The summed E-state index contributed by atoms with van der Waals surface area (Å²) in [4.78, 5) is 16.2. The molecular weight excluding hydrogens is 397 g/mol. The van der Waals surface area contributed by atoms with Gasteiger partial charge in [0.15, 0.2) is 5.11 Å². The zero-order valence-corrected chi connectivity index (χ0v) is 16.2. The van der Waals surface area contributed by atoms with Crippen LogP contribution in [0.5, 0.6) is 5.75 Å². The van der Waals surface area contributed by atoms with E-state index in [1.165, 1.54) is 12.1 Å². The number of benzene rings is 1. The summed E-state index contributed by atoms with van der Waals surface area (Å²) in [5.74, 6) is -0.574. The number of halogens is 3. The fraction of sp³-hybridized carbons (Fsp3) is 0.529. The van der Waals surface area contributed by atoms with Gasteiger partial charge in [-0.25, -0.2) is 0 Å². The average molecular weight is 420 g/mol. The van der Waals surface area contributed by atoms with Gasteiger partial charge in [0.2, 0.25) is 5.91 Å². The summed E-state index contributed by atoms with van der Waals surface area (Å²) in [5, 5.41) is 6.45. The van der Waals surface area contributed by atoms with Gasteiger partial charge in [0.25, 0.3) is 0 Å². The maximum atomic E-state index is 12.2. The van der Waals surface area contributed by atoms with Crippen molar-refractivity contribution in [2.75, 3.05) is 58.3 Å². The average Bonchev–Trinajstić information content (AvgIpc) is 2.63. The van der Waals surface area contributed by atoms with E-state index in [0.717, 1.165) is 12.1 Å². The number of hydrogen-bond donors (Lipinski definition) is 2. The van der Waals surface area contributed by atoms with Crippen LogP contribution in [0, 0.1) is 0 Å². The number of thiocarbonyl (C=S) groups is 1. The van der Waals surface area contributed by atoms with Crippen LogP contribution in [-0.2, 0) is 9.53 Å². The molecule has 0 bridgehead atoms. The van der Waals surface area contributed by atoms with E-state index in [1.807, 2.05) is 9.80 Å². The number of ether oxygens (including phenoxy) is 2. The van der Waals surface area contributed by atoms with Gasteiger partial charge >= 0.3 is 6.36 Å². The highest BCUT2D eigenvalue weighted by atomic mass is 32.1. The van der Waals surface area contributed by atoms with Crippen LogP contribution in [0.25, 0.3) is 0 Å². The lowest BCUT2D eigenvalue weighted by Crippen LogP contribution is -2.53. The molecule has 1 aliphatic rings. The van der Waals surface area contributed by atoms with Gasteiger partial charge in [-0.2, -0.15) is 0 Å². The normalized spacial score (nSPS) is 15.2. The van der Waals surface area contributed by atoms with Gasteiger partial charge in [-0.15, -0.1) is 13.2 Å². The SMILES string of the molecule is COCCNC(=S)N1CCN(CC(=O)Nc2ccc(OC(F)(F)F)cc2)CC1. The van der Waals surface area contributed by atoms with Crippen LogP contribution in [0.1, 0.15) is 0 Å². The monoisotopic (exact) mass is 420 g/mol. The first-order chi connectivity index (χ1) is 13.3. The highest BCUT2D eigenvalue weighted by molar-refractivity contribution is 7.80. The lowest BCUT2D eigenvalue weighted by molar-refractivity contribution is -0.274. The standard InChI is InChI=1S/C17H23F3N4O3S/c1-26-11-6-21-16(28)24-9-7-23(8-10-24)12-15(25)22-13-2-4-14(5-3-13)27-17(18,19)20/h2-5H,6-12H2,1H3,(H,21,28)(H,22,25). The van der Waals surface area contributed by atoms with Crippen molar-refractivity contribution in [3.05, 3.63) is 24.3 Å². The summed E-state index contributed by atoms with van der Waals surface area (Å²) >= 11 is 5.32. The molecule has 0 radical (unpaired) electrons. The number of piperazine rings is 1. The number of carbonyl (C=O) groups excluding carboxylic acids is 1. The molecule has 0 saturated carbocycles. The fourth-order valence-electron chi connectivity index (χ4n) is 2.62. The number of amides is 1. The third-order valence-electron chi connectivity index (χ3n) is 3.98. The Bertz CT molecular complexity index is 650. The van der Waals surface area contributed by atoms with Gasteiger partial charge in [0.05, 0.1) is 13.2 Å². The Balaban J connectivity index is 1.72. The fourth-order valence-corrected chi connectivity index (χ4v) is 2.91. The van der Waals surface area contributed by atoms with E-state index < -0.39 is 6.36 Å². The summed E-state index contributed by atoms with van der Waals surface area (Å²) in [6.07, 6.45) is -4.74. The van der Waals surface area contributed by atoms with Crippen molar-refractivity contribution >= 4 is 28.9 Å². The molecule has 0 aromatic heterocycles. The topological polar surface area (TPSA) is 66.1 Å². The highest BCUT2D eigenvalue weighted by Gasteiger charge is 2.31. The van der Waals surface area contributed by atoms with Crippen LogP contribution in [0.3, 0.4) is 0 Å². The minimum absolute atomic E-state index is 0.193. The summed E-state index contributed by atoms with van der Waals surface area (Å²) in [5.41, 5.74) is 0.404. The summed E-state index contributed by atoms with van der Waals surface area (Å²) in [6, 6.07) is 5.03. The number of nitrogens with zero attached hydrogens (tertiary/aromatic N) is 2. The van der Waals surface area contributed by atoms with E-state index in [-0.39, 0.29) is 18.2 Å². The molecule has 2 rings (SSSR count). The second-order valence-electron chi connectivity index (χ2n) is 6.11. The molecule has 1 saturated heterocycles. The summed E-state index contributed by atoms with van der Waals surface area (Å²) < 4.78 is 45.2. The second kappa shape index (κ2) is 10.4. The maximum Gasteiger partial charge on any atom is 0.573 e. The third-order valence-corrected chi connectivity index (χ3v) is 4.38. The largest absolute Gasteiger partial charge is 0.573 e. The third kappa shape index (κ3) is 7.87. The number of methoxy groups -OCH3 is 1. The minimum atomic E-state index is -4.74. The number of hydrogen-bond acceptors (Lipinski definition) is 5. The van der Waals surface area contributed by atoms with Gasteiger partial charge < -0.3 is 25.0 Å². The van der Waals surface area contributed by atoms with Crippen molar-refractivity contribution in [3.8, 4) is 5.75 Å². The van der Waals surface area contributed by atoms with Crippen LogP contribution in [-0.4, -0.2) is 80.2 Å². The molecule has 11 heteroatoms. The number of alkyl halides is 3. The van der Waals surface area contributed by atoms with E-state index in [9.17, 15) is 18.0 Å². The molecule has 1 fully saturated rings. The molecule has 156 valence electrons. The first kappa shape index (κ1) is 22.2. The molecule has 0 unspecified atom stereocenters. The van der Waals surface area contributed by atoms with E-state index in [1.54, 1.807) is 7.11 Å². The van der Waals surface area contributed by atoms with Crippen LogP contribution < -0.4 is 15.4 Å². The maximum absolute atomic E-state index is 12.2. The molecular formula is C17H23F3N4O3S. The molecule has 1 aliphatic heterocycles. The summed E-state index contributed by atoms with van der Waals surface area (Å²) in [7, 11) is 1.62. The Morgan fingerprint density at radius 1 is 1.18 bits per heavy atom. The van der Waals surface area contributed by atoms with Crippen LogP contribution in [0.15, 0.2) is 24.3 Å². The van der Waals surface area contributed by atoms with Crippen LogP contribution in [0.4, 0.5) is 18.9 Å². The Morgan fingerprint density at radius 2 is 1.82 bits per heavy atom. The Hall–Kier alpha value is -2.11.